The predicted octanol–water partition coefficient (Wildman–Crippen LogP) is 1.39. The molecule has 2 aromatic heterocycles. The van der Waals surface area contributed by atoms with Gasteiger partial charge in [0.25, 0.3) is 0 Å². The smallest absolute Gasteiger partial charge is 0.323 e. The van der Waals surface area contributed by atoms with E-state index in [-0.39, 0.29) is 45.6 Å². The van der Waals surface area contributed by atoms with Gasteiger partial charge in [-0.15, -0.1) is 11.8 Å². The van der Waals surface area contributed by atoms with Gasteiger partial charge in [-0.2, -0.15) is 0 Å². The maximum absolute atomic E-state index is 13.1. The molecule has 0 spiro atoms. The fourth-order valence-electron chi connectivity index (χ4n) is 6.30. The standard InChI is InChI=1S/C20H17N3O5S2/c24-10(25)6-23-18(26)13-8-4-9(14(13)19(23)27)15-12(8)11(7-2-1-3-21-5-7)16-17(29-15)22-20(28)30-16/h1-3,5,8-9,11-15H,4,6H2,(H,22,28)(H,24,25)/t8-,9+,11-,12+,13+,14+,15-/m1/s1. The summed E-state index contributed by atoms with van der Waals surface area (Å²) >= 11 is 2.82. The molecule has 7 atom stereocenters. The molecule has 2 N–H and O–H groups in total. The summed E-state index contributed by atoms with van der Waals surface area (Å²) < 4.78 is 0. The predicted molar refractivity (Wildman–Crippen MR) is 107 cm³/mol. The first-order valence-electron chi connectivity index (χ1n) is 9.82. The molecule has 2 saturated carbocycles. The number of hydrogen-bond donors (Lipinski definition) is 2. The average molecular weight is 444 g/mol. The van der Waals surface area contributed by atoms with Crippen molar-refractivity contribution < 1.29 is 19.5 Å². The van der Waals surface area contributed by atoms with Crippen LogP contribution in [0.3, 0.4) is 0 Å². The Kier molecular flexibility index (Phi) is 3.83. The van der Waals surface area contributed by atoms with Gasteiger partial charge in [0.2, 0.25) is 11.8 Å². The second kappa shape index (κ2) is 6.27. The highest BCUT2D eigenvalue weighted by Crippen LogP contribution is 2.68. The highest BCUT2D eigenvalue weighted by atomic mass is 32.2. The number of amides is 2. The average Bonchev–Trinajstić information content (AvgIpc) is 3.44. The molecule has 0 radical (unpaired) electrons. The molecule has 30 heavy (non-hydrogen) atoms. The summed E-state index contributed by atoms with van der Waals surface area (Å²) in [5.41, 5.74) is 1.01. The largest absolute Gasteiger partial charge is 0.480 e. The van der Waals surface area contributed by atoms with E-state index in [0.717, 1.165) is 26.8 Å². The van der Waals surface area contributed by atoms with Crippen LogP contribution in [-0.2, 0) is 14.4 Å². The number of fused-ring (bicyclic) bond motifs is 9. The van der Waals surface area contributed by atoms with Crippen LogP contribution in [0.1, 0.15) is 22.8 Å². The highest BCUT2D eigenvalue weighted by molar-refractivity contribution is 8.00. The van der Waals surface area contributed by atoms with Gasteiger partial charge in [0.15, 0.2) is 0 Å². The molecule has 0 unspecified atom stereocenters. The molecule has 2 bridgehead atoms. The molecule has 2 aliphatic heterocycles. The number of hydrogen-bond acceptors (Lipinski definition) is 7. The summed E-state index contributed by atoms with van der Waals surface area (Å²) in [6.45, 7) is -0.570. The quantitative estimate of drug-likeness (QED) is 0.688. The van der Waals surface area contributed by atoms with E-state index >= 15 is 0 Å². The molecule has 2 aliphatic carbocycles. The zero-order valence-corrected chi connectivity index (χ0v) is 17.2. The van der Waals surface area contributed by atoms with E-state index in [4.69, 9.17) is 5.11 Å². The Morgan fingerprint density at radius 1 is 1.23 bits per heavy atom. The summed E-state index contributed by atoms with van der Waals surface area (Å²) in [6, 6.07) is 3.87. The van der Waals surface area contributed by atoms with Gasteiger partial charge >= 0.3 is 10.8 Å². The molecule has 1 saturated heterocycles. The lowest BCUT2D eigenvalue weighted by Crippen LogP contribution is -2.42. The number of nitrogens with one attached hydrogen (secondary N) is 1. The van der Waals surface area contributed by atoms with Crippen LogP contribution in [0.5, 0.6) is 0 Å². The number of pyridine rings is 1. The highest BCUT2D eigenvalue weighted by Gasteiger charge is 2.69. The van der Waals surface area contributed by atoms with E-state index in [9.17, 15) is 19.2 Å². The first-order chi connectivity index (χ1) is 14.5. The Bertz CT molecular complexity index is 1140. The molecule has 6 rings (SSSR count). The van der Waals surface area contributed by atoms with Gasteiger partial charge in [-0.1, -0.05) is 17.4 Å². The number of thioether (sulfide) groups is 1. The van der Waals surface area contributed by atoms with Crippen molar-refractivity contribution in [1.29, 1.82) is 0 Å². The number of aromatic nitrogens is 2. The van der Waals surface area contributed by atoms with Crippen LogP contribution >= 0.6 is 23.1 Å². The number of likely N-dealkylation sites (tertiary alicyclic amines) is 1. The van der Waals surface area contributed by atoms with Crippen molar-refractivity contribution in [3.05, 3.63) is 44.6 Å². The number of thiazole rings is 1. The Morgan fingerprint density at radius 3 is 2.70 bits per heavy atom. The number of rotatable bonds is 3. The summed E-state index contributed by atoms with van der Waals surface area (Å²) in [4.78, 5) is 58.4. The second-order valence-electron chi connectivity index (χ2n) is 8.40. The zero-order chi connectivity index (χ0) is 20.7. The van der Waals surface area contributed by atoms with Crippen LogP contribution in [0.2, 0.25) is 0 Å². The third kappa shape index (κ3) is 2.31. The summed E-state index contributed by atoms with van der Waals surface area (Å²) in [7, 11) is 0. The molecular formula is C20H17N3O5S2. The van der Waals surface area contributed by atoms with Crippen molar-refractivity contribution >= 4 is 40.9 Å². The Hall–Kier alpha value is -2.46. The molecule has 3 fully saturated rings. The van der Waals surface area contributed by atoms with Crippen LogP contribution in [0.4, 0.5) is 0 Å². The molecule has 2 amide bonds. The van der Waals surface area contributed by atoms with E-state index in [1.54, 1.807) is 18.0 Å². The summed E-state index contributed by atoms with van der Waals surface area (Å²) in [5.74, 6) is -2.74. The van der Waals surface area contributed by atoms with Crippen molar-refractivity contribution in [3.8, 4) is 0 Å². The number of carboxylic acids is 1. The maximum atomic E-state index is 13.1. The molecule has 2 aromatic rings. The summed E-state index contributed by atoms with van der Waals surface area (Å²) in [6.07, 6.45) is 4.30. The zero-order valence-electron chi connectivity index (χ0n) is 15.6. The van der Waals surface area contributed by atoms with E-state index in [2.05, 4.69) is 9.97 Å². The van der Waals surface area contributed by atoms with Crippen molar-refractivity contribution in [2.24, 2.45) is 29.6 Å². The fourth-order valence-corrected chi connectivity index (χ4v) is 9.19. The van der Waals surface area contributed by atoms with E-state index in [1.165, 1.54) is 11.3 Å². The SMILES string of the molecule is O=C(O)CN1C(=O)[C@H]2[C@@H]3C[C@@H]([C@@H]2C1=O)[C@H]1[C@@H](c2cccnc2)c2sc(=O)[nH]c2S[C@H]31. The summed E-state index contributed by atoms with van der Waals surface area (Å²) in [5, 5.41) is 10.1. The molecule has 4 heterocycles. The van der Waals surface area contributed by atoms with E-state index in [1.807, 2.05) is 18.3 Å². The lowest BCUT2D eigenvalue weighted by molar-refractivity contribution is -0.149. The molecule has 10 heteroatoms. The molecular weight excluding hydrogens is 426 g/mol. The monoisotopic (exact) mass is 443 g/mol. The van der Waals surface area contributed by atoms with Gasteiger partial charge in [-0.05, 0) is 35.8 Å². The second-order valence-corrected chi connectivity index (χ2v) is 10.6. The lowest BCUT2D eigenvalue weighted by Gasteiger charge is -2.42. The van der Waals surface area contributed by atoms with Crippen LogP contribution in [0, 0.1) is 29.6 Å². The minimum atomic E-state index is -1.18. The van der Waals surface area contributed by atoms with E-state index in [0.29, 0.717) is 0 Å². The van der Waals surface area contributed by atoms with Crippen molar-refractivity contribution in [3.63, 3.8) is 0 Å². The number of H-pyrrole nitrogens is 1. The normalized spacial score (nSPS) is 36.0. The fraction of sp³-hybridized carbons (Fsp3) is 0.450. The number of carbonyl (C=O) groups is 3. The van der Waals surface area contributed by atoms with Crippen LogP contribution < -0.4 is 4.87 Å². The van der Waals surface area contributed by atoms with Gasteiger partial charge in [0.05, 0.1) is 16.9 Å². The molecule has 4 aliphatic rings. The van der Waals surface area contributed by atoms with Crippen molar-refractivity contribution in [2.75, 3.05) is 6.54 Å². The minimum Gasteiger partial charge on any atom is -0.480 e. The number of aliphatic carboxylic acids is 1. The topological polar surface area (TPSA) is 120 Å². The minimum absolute atomic E-state index is 0.000897. The number of carboxylic acid groups (broad SMARTS) is 1. The van der Waals surface area contributed by atoms with Crippen LogP contribution in [0.15, 0.2) is 34.3 Å². The van der Waals surface area contributed by atoms with Gasteiger partial charge in [-0.3, -0.25) is 29.1 Å². The number of imide groups is 1. The molecule has 0 aromatic carbocycles. The number of carbonyl (C=O) groups excluding carboxylic acids is 2. The third-order valence-corrected chi connectivity index (χ3v) is 9.74. The third-order valence-electron chi connectivity index (χ3n) is 7.15. The first-order valence-corrected chi connectivity index (χ1v) is 11.5. The van der Waals surface area contributed by atoms with Gasteiger partial charge in [0.1, 0.15) is 6.54 Å². The lowest BCUT2D eigenvalue weighted by atomic mass is 9.68. The number of nitrogens with zero attached hydrogens (tertiary/aromatic N) is 2. The Morgan fingerprint density at radius 2 is 2.00 bits per heavy atom. The van der Waals surface area contributed by atoms with Gasteiger partial charge < -0.3 is 10.1 Å². The molecule has 154 valence electrons. The van der Waals surface area contributed by atoms with Crippen LogP contribution in [0.25, 0.3) is 0 Å². The Balaban J connectivity index is 1.45. The molecule has 8 nitrogen and oxygen atoms in total. The van der Waals surface area contributed by atoms with E-state index < -0.39 is 24.3 Å². The van der Waals surface area contributed by atoms with Crippen LogP contribution in [-0.4, -0.2) is 49.6 Å². The van der Waals surface area contributed by atoms with Gasteiger partial charge in [0, 0.05) is 28.4 Å². The maximum Gasteiger partial charge on any atom is 0.323 e. The van der Waals surface area contributed by atoms with Crippen molar-refractivity contribution in [1.82, 2.24) is 14.9 Å². The van der Waals surface area contributed by atoms with Crippen molar-refractivity contribution in [2.45, 2.75) is 22.6 Å². The van der Waals surface area contributed by atoms with Gasteiger partial charge in [-0.25, -0.2) is 0 Å². The number of aromatic amines is 1. The Labute approximate surface area is 178 Å². The first kappa shape index (κ1) is 18.3.